The number of carbonyl (C=O) groups excluding carboxylic acids is 1. The van der Waals surface area contributed by atoms with Gasteiger partial charge in [-0.05, 0) is 35.4 Å². The fraction of sp³-hybridized carbons (Fsp3) is 0.417. The van der Waals surface area contributed by atoms with Crippen LogP contribution in [-0.4, -0.2) is 23.4 Å². The van der Waals surface area contributed by atoms with E-state index in [0.717, 1.165) is 5.75 Å². The van der Waals surface area contributed by atoms with Crippen molar-refractivity contribution in [1.82, 2.24) is 5.43 Å². The molecule has 0 saturated heterocycles. The van der Waals surface area contributed by atoms with Gasteiger partial charge >= 0.3 is 0 Å². The van der Waals surface area contributed by atoms with E-state index < -0.39 is 5.91 Å². The van der Waals surface area contributed by atoms with Crippen LogP contribution in [0.3, 0.4) is 0 Å². The highest BCUT2D eigenvalue weighted by Gasteiger charge is 2.09. The number of nitrogens with two attached hydrogens (primary N) is 1. The second-order valence-electron chi connectivity index (χ2n) is 4.08. The second kappa shape index (κ2) is 7.35. The van der Waals surface area contributed by atoms with Crippen LogP contribution in [0.2, 0.25) is 0 Å². The highest BCUT2D eigenvalue weighted by molar-refractivity contribution is 7.98. The molecule has 0 saturated carbocycles. The van der Waals surface area contributed by atoms with Gasteiger partial charge in [-0.1, -0.05) is 6.92 Å². The minimum absolute atomic E-state index is 0.116. The minimum atomic E-state index is -0.440. The van der Waals surface area contributed by atoms with E-state index in [1.807, 2.05) is 12.3 Å². The highest BCUT2D eigenvalue weighted by atomic mass is 32.2. The second-order valence-corrected chi connectivity index (χ2v) is 5.11. The van der Waals surface area contributed by atoms with E-state index in [-0.39, 0.29) is 18.3 Å². The third-order valence-corrected chi connectivity index (χ3v) is 3.73. The summed E-state index contributed by atoms with van der Waals surface area (Å²) in [7, 11) is 0. The molecule has 0 radical (unpaired) electrons. The summed E-state index contributed by atoms with van der Waals surface area (Å²) in [6.45, 7) is 2.03. The molecule has 1 amide bonds. The number of nitrogen functional groups attached to an aromatic ring is 1. The van der Waals surface area contributed by atoms with E-state index in [4.69, 9.17) is 10.9 Å². The van der Waals surface area contributed by atoms with Crippen molar-refractivity contribution in [3.63, 3.8) is 0 Å². The number of carbonyl (C=O) groups is 1. The number of nitrogens with one attached hydrogen (secondary N) is 1. The van der Waals surface area contributed by atoms with E-state index in [9.17, 15) is 9.18 Å². The minimum Gasteiger partial charge on any atom is -0.396 e. The Morgan fingerprint density at radius 1 is 1.61 bits per heavy atom. The molecule has 0 aromatic heterocycles. The van der Waals surface area contributed by atoms with Crippen molar-refractivity contribution in [3.8, 4) is 0 Å². The summed E-state index contributed by atoms with van der Waals surface area (Å²) < 4.78 is 13.5. The monoisotopic (exact) mass is 272 g/mol. The fourth-order valence-electron chi connectivity index (χ4n) is 1.33. The lowest BCUT2D eigenvalue weighted by molar-refractivity contribution is 0.0953. The predicted molar refractivity (Wildman–Crippen MR) is 70.5 cm³/mol. The fourth-order valence-corrected chi connectivity index (χ4v) is 2.40. The van der Waals surface area contributed by atoms with Gasteiger partial charge in [-0.15, -0.1) is 0 Å². The molecule has 0 spiro atoms. The molecule has 6 heteroatoms. The van der Waals surface area contributed by atoms with Crippen molar-refractivity contribution in [2.24, 2.45) is 11.8 Å². The Balaban J connectivity index is 2.66. The zero-order valence-electron chi connectivity index (χ0n) is 10.1. The summed E-state index contributed by atoms with van der Waals surface area (Å²) >= 11 is 1.52. The summed E-state index contributed by atoms with van der Waals surface area (Å²) in [5.74, 6) is 5.62. The summed E-state index contributed by atoms with van der Waals surface area (Å²) in [6, 6.07) is 4.14. The molecule has 1 atom stereocenters. The van der Waals surface area contributed by atoms with Crippen LogP contribution < -0.4 is 11.3 Å². The van der Waals surface area contributed by atoms with Crippen LogP contribution >= 0.6 is 11.8 Å². The zero-order valence-corrected chi connectivity index (χ0v) is 11.0. The molecular weight excluding hydrogens is 255 g/mol. The Bertz CT molecular complexity index is 415. The Morgan fingerprint density at radius 2 is 2.33 bits per heavy atom. The van der Waals surface area contributed by atoms with Gasteiger partial charge in [-0.3, -0.25) is 10.2 Å². The molecular formula is C12H17FN2O2S. The van der Waals surface area contributed by atoms with Crippen LogP contribution in [0.4, 0.5) is 4.39 Å². The summed E-state index contributed by atoms with van der Waals surface area (Å²) in [4.78, 5) is 11.3. The smallest absolute Gasteiger partial charge is 0.265 e. The molecule has 0 aliphatic heterocycles. The maximum atomic E-state index is 13.5. The maximum Gasteiger partial charge on any atom is 0.265 e. The molecule has 0 aliphatic rings. The highest BCUT2D eigenvalue weighted by Crippen LogP contribution is 2.19. The van der Waals surface area contributed by atoms with Crippen molar-refractivity contribution in [2.45, 2.75) is 12.7 Å². The first kappa shape index (κ1) is 14.9. The van der Waals surface area contributed by atoms with E-state index in [1.165, 1.54) is 30.0 Å². The largest absolute Gasteiger partial charge is 0.396 e. The normalized spacial score (nSPS) is 12.2. The molecule has 1 rings (SSSR count). The summed E-state index contributed by atoms with van der Waals surface area (Å²) in [5, 5.41) is 8.88. The summed E-state index contributed by atoms with van der Waals surface area (Å²) in [5.41, 5.74) is 2.81. The van der Waals surface area contributed by atoms with E-state index in [0.29, 0.717) is 16.9 Å². The maximum absolute atomic E-state index is 13.5. The number of aliphatic hydroxyl groups is 1. The van der Waals surface area contributed by atoms with Crippen molar-refractivity contribution in [3.05, 3.63) is 35.1 Å². The van der Waals surface area contributed by atoms with Gasteiger partial charge in [0.1, 0.15) is 5.82 Å². The number of amides is 1. The van der Waals surface area contributed by atoms with Gasteiger partial charge < -0.3 is 5.11 Å². The third kappa shape index (κ3) is 4.29. The molecule has 1 aromatic carbocycles. The lowest BCUT2D eigenvalue weighted by Crippen LogP contribution is -2.30. The van der Waals surface area contributed by atoms with E-state index in [1.54, 1.807) is 0 Å². The van der Waals surface area contributed by atoms with Gasteiger partial charge in [0, 0.05) is 17.9 Å². The number of hydrogen-bond donors (Lipinski definition) is 3. The Kier molecular flexibility index (Phi) is 6.11. The van der Waals surface area contributed by atoms with Crippen molar-refractivity contribution >= 4 is 17.7 Å². The first-order valence-electron chi connectivity index (χ1n) is 5.56. The SMILES string of the molecule is CC(CO)CSCc1cc(C(=O)NN)ccc1F. The summed E-state index contributed by atoms with van der Waals surface area (Å²) in [6.07, 6.45) is 0. The topological polar surface area (TPSA) is 75.3 Å². The molecule has 0 aliphatic carbocycles. The molecule has 4 N–H and O–H groups in total. The van der Waals surface area contributed by atoms with Crippen LogP contribution in [0.25, 0.3) is 0 Å². The lowest BCUT2D eigenvalue weighted by atomic mass is 10.1. The van der Waals surface area contributed by atoms with Gasteiger partial charge in [-0.2, -0.15) is 11.8 Å². The van der Waals surface area contributed by atoms with Gasteiger partial charge in [0.2, 0.25) is 0 Å². The third-order valence-electron chi connectivity index (χ3n) is 2.41. The number of hydrogen-bond acceptors (Lipinski definition) is 4. The molecule has 0 heterocycles. The van der Waals surface area contributed by atoms with Gasteiger partial charge in [0.25, 0.3) is 5.91 Å². The van der Waals surface area contributed by atoms with Gasteiger partial charge in [0.15, 0.2) is 0 Å². The molecule has 1 aromatic rings. The van der Waals surface area contributed by atoms with E-state index in [2.05, 4.69) is 0 Å². The zero-order chi connectivity index (χ0) is 13.5. The number of aliphatic hydroxyl groups excluding tert-OH is 1. The van der Waals surface area contributed by atoms with Crippen LogP contribution in [0.1, 0.15) is 22.8 Å². The first-order valence-corrected chi connectivity index (χ1v) is 6.72. The van der Waals surface area contributed by atoms with Crippen LogP contribution in [0.15, 0.2) is 18.2 Å². The number of rotatable bonds is 6. The molecule has 0 fully saturated rings. The predicted octanol–water partition coefficient (Wildman–Crippen LogP) is 1.29. The van der Waals surface area contributed by atoms with Crippen LogP contribution in [0.5, 0.6) is 0 Å². The number of hydrazine groups is 1. The number of thioether (sulfide) groups is 1. The lowest BCUT2D eigenvalue weighted by Gasteiger charge is -2.09. The molecule has 100 valence electrons. The average molecular weight is 272 g/mol. The Labute approximate surface area is 110 Å². The number of halogens is 1. The molecule has 18 heavy (non-hydrogen) atoms. The quantitative estimate of drug-likeness (QED) is 0.414. The Hall–Kier alpha value is -1.11. The Morgan fingerprint density at radius 3 is 2.94 bits per heavy atom. The standard InChI is InChI=1S/C12H17FN2O2S/c1-8(5-16)6-18-7-10-4-9(12(17)15-14)2-3-11(10)13/h2-4,8,16H,5-7,14H2,1H3,(H,15,17). The average Bonchev–Trinajstić information content (AvgIpc) is 2.39. The van der Waals surface area contributed by atoms with Crippen molar-refractivity contribution < 1.29 is 14.3 Å². The van der Waals surface area contributed by atoms with Gasteiger partial charge in [0.05, 0.1) is 0 Å². The molecule has 4 nitrogen and oxygen atoms in total. The van der Waals surface area contributed by atoms with Crippen molar-refractivity contribution in [2.75, 3.05) is 12.4 Å². The van der Waals surface area contributed by atoms with Crippen LogP contribution in [-0.2, 0) is 5.75 Å². The first-order chi connectivity index (χ1) is 8.58. The van der Waals surface area contributed by atoms with Crippen molar-refractivity contribution in [1.29, 1.82) is 0 Å². The van der Waals surface area contributed by atoms with Gasteiger partial charge in [-0.25, -0.2) is 10.2 Å². The van der Waals surface area contributed by atoms with Crippen LogP contribution in [0, 0.1) is 11.7 Å². The number of benzene rings is 1. The molecule has 1 unspecified atom stereocenters. The van der Waals surface area contributed by atoms with E-state index >= 15 is 0 Å². The molecule has 0 bridgehead atoms.